The van der Waals surface area contributed by atoms with E-state index >= 15 is 0 Å². The zero-order chi connectivity index (χ0) is 11.5. The van der Waals surface area contributed by atoms with Gasteiger partial charge in [0.2, 0.25) is 0 Å². The van der Waals surface area contributed by atoms with Gasteiger partial charge in [-0.25, -0.2) is 0 Å². The summed E-state index contributed by atoms with van der Waals surface area (Å²) in [7, 11) is 0. The fourth-order valence-electron chi connectivity index (χ4n) is 1.75. The third-order valence-electron chi connectivity index (χ3n) is 2.85. The number of hydrogen-bond acceptors (Lipinski definition) is 4. The van der Waals surface area contributed by atoms with E-state index in [9.17, 15) is 0 Å². The molecule has 0 radical (unpaired) electrons. The first-order valence-corrected chi connectivity index (χ1v) is 5.63. The Morgan fingerprint density at radius 2 is 2.38 bits per heavy atom. The van der Waals surface area contributed by atoms with Crippen LogP contribution in [0.15, 0.2) is 12.3 Å². The molecule has 86 valence electrons. The summed E-state index contributed by atoms with van der Waals surface area (Å²) < 4.78 is 0. The Kier molecular flexibility index (Phi) is 3.03. The standard InChI is InChI=1S/C11H17N5/c1-2-16(7-8-3-4-8)11-9(10(12)13)5-6-14-15-11/h5-6,8H,2-4,7H2,1H3,(H3,12,13). The number of rotatable bonds is 5. The summed E-state index contributed by atoms with van der Waals surface area (Å²) in [6.45, 7) is 3.95. The Morgan fingerprint density at radius 1 is 1.62 bits per heavy atom. The van der Waals surface area contributed by atoms with Crippen LogP contribution in [-0.2, 0) is 0 Å². The molecular formula is C11H17N5. The molecule has 1 aromatic rings. The van der Waals surface area contributed by atoms with Gasteiger partial charge in [0.25, 0.3) is 0 Å². The molecule has 1 heterocycles. The topological polar surface area (TPSA) is 78.9 Å². The molecule has 0 bridgehead atoms. The van der Waals surface area contributed by atoms with E-state index < -0.39 is 0 Å². The zero-order valence-electron chi connectivity index (χ0n) is 9.48. The molecule has 1 saturated carbocycles. The molecule has 5 nitrogen and oxygen atoms in total. The van der Waals surface area contributed by atoms with E-state index in [0.717, 1.165) is 24.8 Å². The Labute approximate surface area is 95.2 Å². The van der Waals surface area contributed by atoms with Crippen LogP contribution in [0.3, 0.4) is 0 Å². The lowest BCUT2D eigenvalue weighted by molar-refractivity contribution is 0.723. The van der Waals surface area contributed by atoms with Gasteiger partial charge in [-0.1, -0.05) is 0 Å². The van der Waals surface area contributed by atoms with Crippen molar-refractivity contribution in [3.63, 3.8) is 0 Å². The Hall–Kier alpha value is -1.65. The van der Waals surface area contributed by atoms with Crippen molar-refractivity contribution in [1.82, 2.24) is 10.2 Å². The number of nitrogens with two attached hydrogens (primary N) is 1. The number of nitrogens with zero attached hydrogens (tertiary/aromatic N) is 3. The molecule has 0 aromatic carbocycles. The van der Waals surface area contributed by atoms with E-state index in [-0.39, 0.29) is 5.84 Å². The molecule has 16 heavy (non-hydrogen) atoms. The summed E-state index contributed by atoms with van der Waals surface area (Å²) in [4.78, 5) is 2.15. The molecule has 0 amide bonds. The van der Waals surface area contributed by atoms with E-state index in [4.69, 9.17) is 11.1 Å². The predicted octanol–water partition coefficient (Wildman–Crippen LogP) is 0.997. The van der Waals surface area contributed by atoms with E-state index in [1.54, 1.807) is 12.3 Å². The monoisotopic (exact) mass is 219 g/mol. The van der Waals surface area contributed by atoms with Crippen molar-refractivity contribution in [2.45, 2.75) is 19.8 Å². The lowest BCUT2D eigenvalue weighted by Gasteiger charge is -2.23. The third kappa shape index (κ3) is 2.29. The highest BCUT2D eigenvalue weighted by Gasteiger charge is 2.25. The summed E-state index contributed by atoms with van der Waals surface area (Å²) in [5.74, 6) is 1.57. The van der Waals surface area contributed by atoms with Crippen molar-refractivity contribution in [3.05, 3.63) is 17.8 Å². The molecule has 0 aliphatic heterocycles. The minimum absolute atomic E-state index is 0.0548. The van der Waals surface area contributed by atoms with Crippen LogP contribution in [0.1, 0.15) is 25.3 Å². The number of hydrogen-bond donors (Lipinski definition) is 2. The summed E-state index contributed by atoms with van der Waals surface area (Å²) in [6.07, 6.45) is 4.17. The maximum Gasteiger partial charge on any atom is 0.162 e. The number of aromatic nitrogens is 2. The van der Waals surface area contributed by atoms with Gasteiger partial charge in [0.1, 0.15) is 5.84 Å². The Balaban J connectivity index is 2.24. The van der Waals surface area contributed by atoms with Gasteiger partial charge in [-0.3, -0.25) is 5.41 Å². The van der Waals surface area contributed by atoms with Crippen molar-refractivity contribution < 1.29 is 0 Å². The molecule has 0 atom stereocenters. The Morgan fingerprint density at radius 3 is 2.94 bits per heavy atom. The second-order valence-electron chi connectivity index (χ2n) is 4.16. The fraction of sp³-hybridized carbons (Fsp3) is 0.545. The van der Waals surface area contributed by atoms with E-state index in [1.165, 1.54) is 12.8 Å². The predicted molar refractivity (Wildman–Crippen MR) is 63.7 cm³/mol. The minimum atomic E-state index is 0.0548. The highest BCUT2D eigenvalue weighted by atomic mass is 15.3. The van der Waals surface area contributed by atoms with Gasteiger partial charge in [0.15, 0.2) is 5.82 Å². The van der Waals surface area contributed by atoms with E-state index in [1.807, 2.05) is 0 Å². The maximum atomic E-state index is 7.53. The minimum Gasteiger partial charge on any atom is -0.384 e. The van der Waals surface area contributed by atoms with Crippen molar-refractivity contribution in [3.8, 4) is 0 Å². The van der Waals surface area contributed by atoms with Crippen LogP contribution in [-0.4, -0.2) is 29.1 Å². The molecule has 0 unspecified atom stereocenters. The lowest BCUT2D eigenvalue weighted by atomic mass is 10.2. The van der Waals surface area contributed by atoms with Crippen LogP contribution in [0.5, 0.6) is 0 Å². The molecule has 0 spiro atoms. The van der Waals surface area contributed by atoms with Crippen LogP contribution in [0.2, 0.25) is 0 Å². The SMILES string of the molecule is CCN(CC1CC1)c1nnccc1C(=N)N. The second-order valence-corrected chi connectivity index (χ2v) is 4.16. The van der Waals surface area contributed by atoms with Gasteiger partial charge >= 0.3 is 0 Å². The van der Waals surface area contributed by atoms with Gasteiger partial charge in [-0.05, 0) is 31.7 Å². The fourth-order valence-corrected chi connectivity index (χ4v) is 1.75. The van der Waals surface area contributed by atoms with Crippen molar-refractivity contribution >= 4 is 11.7 Å². The van der Waals surface area contributed by atoms with Gasteiger partial charge in [0, 0.05) is 13.1 Å². The van der Waals surface area contributed by atoms with Crippen molar-refractivity contribution in [2.24, 2.45) is 11.7 Å². The molecule has 1 aliphatic rings. The normalized spacial score (nSPS) is 14.8. The molecule has 2 rings (SSSR count). The molecule has 3 N–H and O–H groups in total. The van der Waals surface area contributed by atoms with Crippen molar-refractivity contribution in [2.75, 3.05) is 18.0 Å². The number of nitrogens with one attached hydrogen (secondary N) is 1. The average Bonchev–Trinajstić information content (AvgIpc) is 3.09. The first-order chi connectivity index (χ1) is 7.72. The first kappa shape index (κ1) is 10.9. The van der Waals surface area contributed by atoms with Crippen LogP contribution >= 0.6 is 0 Å². The largest absolute Gasteiger partial charge is 0.384 e. The molecule has 1 aromatic heterocycles. The molecular weight excluding hydrogens is 202 g/mol. The van der Waals surface area contributed by atoms with Gasteiger partial charge < -0.3 is 10.6 Å². The third-order valence-corrected chi connectivity index (χ3v) is 2.85. The average molecular weight is 219 g/mol. The Bertz CT molecular complexity index is 386. The molecule has 5 heteroatoms. The van der Waals surface area contributed by atoms with Gasteiger partial charge in [0.05, 0.1) is 11.8 Å². The highest BCUT2D eigenvalue weighted by Crippen LogP contribution is 2.31. The van der Waals surface area contributed by atoms with E-state index in [0.29, 0.717) is 5.56 Å². The molecule has 1 aliphatic carbocycles. The number of nitrogen functional groups attached to an aromatic ring is 1. The van der Waals surface area contributed by atoms with Crippen molar-refractivity contribution in [1.29, 1.82) is 5.41 Å². The zero-order valence-corrected chi connectivity index (χ0v) is 9.48. The summed E-state index contributed by atoms with van der Waals surface area (Å²) in [6, 6.07) is 1.75. The van der Waals surface area contributed by atoms with Crippen LogP contribution in [0.25, 0.3) is 0 Å². The molecule has 0 saturated heterocycles. The number of anilines is 1. The number of amidine groups is 1. The first-order valence-electron chi connectivity index (χ1n) is 5.63. The van der Waals surface area contributed by atoms with Gasteiger partial charge in [-0.15, -0.1) is 5.10 Å². The maximum absolute atomic E-state index is 7.53. The summed E-state index contributed by atoms with van der Waals surface area (Å²) in [5, 5.41) is 15.5. The molecule has 1 fully saturated rings. The van der Waals surface area contributed by atoms with Crippen LogP contribution < -0.4 is 10.6 Å². The van der Waals surface area contributed by atoms with Gasteiger partial charge in [-0.2, -0.15) is 5.10 Å². The quantitative estimate of drug-likeness (QED) is 0.572. The summed E-state index contributed by atoms with van der Waals surface area (Å²) >= 11 is 0. The van der Waals surface area contributed by atoms with Crippen LogP contribution in [0, 0.1) is 11.3 Å². The highest BCUT2D eigenvalue weighted by molar-refractivity contribution is 5.99. The second kappa shape index (κ2) is 4.47. The lowest BCUT2D eigenvalue weighted by Crippen LogP contribution is -2.29. The smallest absolute Gasteiger partial charge is 0.162 e. The van der Waals surface area contributed by atoms with Crippen LogP contribution in [0.4, 0.5) is 5.82 Å². The summed E-state index contributed by atoms with van der Waals surface area (Å²) in [5.41, 5.74) is 6.22. The van der Waals surface area contributed by atoms with E-state index in [2.05, 4.69) is 22.0 Å².